The largest absolute Gasteiger partial charge is 0.0996 e. The first-order valence-electron chi connectivity index (χ1n) is 5.80. The normalized spacial score (nSPS) is 36.7. The van der Waals surface area contributed by atoms with E-state index in [9.17, 15) is 0 Å². The van der Waals surface area contributed by atoms with Crippen LogP contribution < -0.4 is 0 Å². The van der Waals surface area contributed by atoms with Gasteiger partial charge in [-0.1, -0.05) is 36.4 Å². The van der Waals surface area contributed by atoms with Crippen LogP contribution in [0.1, 0.15) is 37.3 Å². The molecule has 3 saturated carbocycles. The maximum Gasteiger partial charge on any atom is -0.00193 e. The quantitative estimate of drug-likeness (QED) is 0.630. The molecule has 0 radical (unpaired) electrons. The molecule has 15 heavy (non-hydrogen) atoms. The lowest BCUT2D eigenvalue weighted by molar-refractivity contribution is -0.109. The third-order valence-electron chi connectivity index (χ3n) is 4.65. The van der Waals surface area contributed by atoms with Crippen molar-refractivity contribution in [3.63, 3.8) is 0 Å². The van der Waals surface area contributed by atoms with E-state index in [0.717, 1.165) is 0 Å². The number of benzene rings is 1. The number of hydrogen-bond acceptors (Lipinski definition) is 0. The Bertz CT molecular complexity index is 419. The fourth-order valence-corrected chi connectivity index (χ4v) is 3.69. The lowest BCUT2D eigenvalue weighted by atomic mass is 9.32. The zero-order valence-electron chi connectivity index (χ0n) is 9.64. The molecular formula is C15H18. The SMILES string of the molecule is C=C(C)C12CC(c3ccccc3C)(C1)C2. The summed E-state index contributed by atoms with van der Waals surface area (Å²) in [6.45, 7) is 8.57. The highest BCUT2D eigenvalue weighted by atomic mass is 14.7. The van der Waals surface area contributed by atoms with Gasteiger partial charge in [-0.05, 0) is 55.1 Å². The first-order valence-corrected chi connectivity index (χ1v) is 5.80. The summed E-state index contributed by atoms with van der Waals surface area (Å²) in [6, 6.07) is 8.87. The van der Waals surface area contributed by atoms with Crippen molar-refractivity contribution < 1.29 is 0 Å². The van der Waals surface area contributed by atoms with Gasteiger partial charge in [-0.25, -0.2) is 0 Å². The predicted molar refractivity (Wildman–Crippen MR) is 64.0 cm³/mol. The summed E-state index contributed by atoms with van der Waals surface area (Å²) >= 11 is 0. The minimum atomic E-state index is 0.530. The van der Waals surface area contributed by atoms with Gasteiger partial charge in [0.25, 0.3) is 0 Å². The summed E-state index contributed by atoms with van der Waals surface area (Å²) in [5, 5.41) is 0. The Hall–Kier alpha value is -1.04. The molecule has 0 aliphatic heterocycles. The van der Waals surface area contributed by atoms with Crippen molar-refractivity contribution in [2.24, 2.45) is 5.41 Å². The van der Waals surface area contributed by atoms with E-state index in [1.165, 1.54) is 30.4 Å². The summed E-state index contributed by atoms with van der Waals surface area (Å²) in [4.78, 5) is 0. The maximum atomic E-state index is 4.13. The van der Waals surface area contributed by atoms with Crippen LogP contribution in [-0.2, 0) is 5.41 Å². The average molecular weight is 198 g/mol. The highest BCUT2D eigenvalue weighted by Gasteiger charge is 2.68. The summed E-state index contributed by atoms with van der Waals surface area (Å²) in [6.07, 6.45) is 4.04. The third-order valence-corrected chi connectivity index (χ3v) is 4.65. The molecule has 2 bridgehead atoms. The van der Waals surface area contributed by atoms with Gasteiger partial charge >= 0.3 is 0 Å². The van der Waals surface area contributed by atoms with E-state index >= 15 is 0 Å². The fraction of sp³-hybridized carbons (Fsp3) is 0.467. The highest BCUT2D eigenvalue weighted by Crippen LogP contribution is 2.76. The van der Waals surface area contributed by atoms with E-state index in [1.54, 1.807) is 5.56 Å². The first-order chi connectivity index (χ1) is 7.08. The Balaban J connectivity index is 1.90. The van der Waals surface area contributed by atoms with E-state index in [2.05, 4.69) is 44.7 Å². The smallest absolute Gasteiger partial charge is 0.00193 e. The van der Waals surface area contributed by atoms with Crippen molar-refractivity contribution in [1.29, 1.82) is 0 Å². The van der Waals surface area contributed by atoms with Crippen LogP contribution in [0.3, 0.4) is 0 Å². The molecule has 0 unspecified atom stereocenters. The molecule has 0 saturated heterocycles. The van der Waals surface area contributed by atoms with Gasteiger partial charge in [0.1, 0.15) is 0 Å². The molecule has 4 rings (SSSR count). The second-order valence-electron chi connectivity index (χ2n) is 5.69. The van der Waals surface area contributed by atoms with Gasteiger partial charge in [-0.15, -0.1) is 0 Å². The fourth-order valence-electron chi connectivity index (χ4n) is 3.69. The molecule has 0 atom stereocenters. The Labute approximate surface area is 92.0 Å². The van der Waals surface area contributed by atoms with E-state index in [-0.39, 0.29) is 0 Å². The molecule has 1 aromatic carbocycles. The molecule has 0 N–H and O–H groups in total. The topological polar surface area (TPSA) is 0 Å². The zero-order chi connectivity index (χ0) is 10.7. The molecule has 0 nitrogen and oxygen atoms in total. The van der Waals surface area contributed by atoms with Gasteiger partial charge in [0, 0.05) is 0 Å². The Kier molecular flexibility index (Phi) is 1.57. The van der Waals surface area contributed by atoms with Crippen molar-refractivity contribution in [2.45, 2.75) is 38.5 Å². The molecule has 78 valence electrons. The van der Waals surface area contributed by atoms with Crippen LogP contribution >= 0.6 is 0 Å². The third kappa shape index (κ3) is 0.975. The molecule has 0 aromatic heterocycles. The van der Waals surface area contributed by atoms with Crippen LogP contribution in [-0.4, -0.2) is 0 Å². The Morgan fingerprint density at radius 2 is 1.80 bits per heavy atom. The molecule has 0 amide bonds. The lowest BCUT2D eigenvalue weighted by Crippen LogP contribution is -2.65. The summed E-state index contributed by atoms with van der Waals surface area (Å²) < 4.78 is 0. The molecule has 0 heterocycles. The summed E-state index contributed by atoms with van der Waals surface area (Å²) in [7, 11) is 0. The van der Waals surface area contributed by atoms with Gasteiger partial charge in [-0.3, -0.25) is 0 Å². The van der Waals surface area contributed by atoms with Crippen LogP contribution in [0.25, 0.3) is 0 Å². The van der Waals surface area contributed by atoms with E-state index in [0.29, 0.717) is 10.8 Å². The zero-order valence-corrected chi connectivity index (χ0v) is 9.64. The molecule has 0 heteroatoms. The first kappa shape index (κ1) is 9.21. The number of aryl methyl sites for hydroxylation is 1. The Morgan fingerprint density at radius 3 is 2.33 bits per heavy atom. The second-order valence-corrected chi connectivity index (χ2v) is 5.69. The number of hydrogen-bond donors (Lipinski definition) is 0. The van der Waals surface area contributed by atoms with Gasteiger partial charge < -0.3 is 0 Å². The van der Waals surface area contributed by atoms with Gasteiger partial charge in [0.15, 0.2) is 0 Å². The van der Waals surface area contributed by atoms with Crippen LogP contribution in [0.4, 0.5) is 0 Å². The minimum Gasteiger partial charge on any atom is -0.0996 e. The second kappa shape index (κ2) is 2.55. The maximum absolute atomic E-state index is 4.13. The van der Waals surface area contributed by atoms with E-state index in [1.807, 2.05) is 0 Å². The summed E-state index contributed by atoms with van der Waals surface area (Å²) in [5.74, 6) is 0. The van der Waals surface area contributed by atoms with Gasteiger partial charge in [-0.2, -0.15) is 0 Å². The van der Waals surface area contributed by atoms with Crippen molar-refractivity contribution in [1.82, 2.24) is 0 Å². The van der Waals surface area contributed by atoms with Crippen LogP contribution in [0.2, 0.25) is 0 Å². The van der Waals surface area contributed by atoms with Gasteiger partial charge in [0.05, 0.1) is 0 Å². The van der Waals surface area contributed by atoms with Gasteiger partial charge in [0.2, 0.25) is 0 Å². The van der Waals surface area contributed by atoms with Crippen molar-refractivity contribution in [2.75, 3.05) is 0 Å². The van der Waals surface area contributed by atoms with E-state index in [4.69, 9.17) is 0 Å². The van der Waals surface area contributed by atoms with E-state index < -0.39 is 0 Å². The minimum absolute atomic E-state index is 0.530. The standard InChI is InChI=1S/C15H18/c1-11(2)14-8-15(9-14,10-14)13-7-5-4-6-12(13)3/h4-7H,1,8-10H2,2-3H3. The average Bonchev–Trinajstić information content (AvgIpc) is 2.02. The van der Waals surface area contributed by atoms with Crippen molar-refractivity contribution in [3.8, 4) is 0 Å². The number of allylic oxidation sites excluding steroid dienone is 1. The van der Waals surface area contributed by atoms with Crippen molar-refractivity contribution in [3.05, 3.63) is 47.5 Å². The molecule has 3 aliphatic carbocycles. The molecule has 1 aromatic rings. The van der Waals surface area contributed by atoms with Crippen LogP contribution in [0.5, 0.6) is 0 Å². The molecular weight excluding hydrogens is 180 g/mol. The predicted octanol–water partition coefficient (Wildman–Crippen LogP) is 3.99. The lowest BCUT2D eigenvalue weighted by Gasteiger charge is -2.72. The van der Waals surface area contributed by atoms with Crippen LogP contribution in [0, 0.1) is 12.3 Å². The highest BCUT2D eigenvalue weighted by molar-refractivity contribution is 5.46. The van der Waals surface area contributed by atoms with Crippen LogP contribution in [0.15, 0.2) is 36.4 Å². The number of rotatable bonds is 2. The summed E-state index contributed by atoms with van der Waals surface area (Å²) in [5.41, 5.74) is 5.52. The Morgan fingerprint density at radius 1 is 1.20 bits per heavy atom. The monoisotopic (exact) mass is 198 g/mol. The van der Waals surface area contributed by atoms with Crippen molar-refractivity contribution >= 4 is 0 Å². The molecule has 3 fully saturated rings. The molecule has 0 spiro atoms. The molecule has 3 aliphatic rings.